The summed E-state index contributed by atoms with van der Waals surface area (Å²) in [4.78, 5) is 0. The molecule has 1 aliphatic rings. The van der Waals surface area contributed by atoms with Crippen LogP contribution in [-0.2, 0) is 16.1 Å². The Kier molecular flexibility index (Phi) is 4.02. The molecule has 0 spiro atoms. The lowest BCUT2D eigenvalue weighted by Gasteiger charge is -2.18. The smallest absolute Gasteiger partial charge is 0.164 e. The van der Waals surface area contributed by atoms with Gasteiger partial charge in [0, 0.05) is 6.07 Å². The fraction of sp³-hybridized carbons (Fsp3) is 0.333. The molecule has 0 bridgehead atoms. The molecule has 1 aliphatic heterocycles. The van der Waals surface area contributed by atoms with Crippen LogP contribution in [0.3, 0.4) is 0 Å². The van der Waals surface area contributed by atoms with Gasteiger partial charge in [0.1, 0.15) is 23.7 Å². The first-order valence-electron chi connectivity index (χ1n) is 7.46. The molecule has 0 saturated carbocycles. The predicted molar refractivity (Wildman–Crippen MR) is 83.9 cm³/mol. The van der Waals surface area contributed by atoms with Crippen molar-refractivity contribution in [3.05, 3.63) is 59.2 Å². The van der Waals surface area contributed by atoms with Crippen molar-refractivity contribution < 1.29 is 24.8 Å². The minimum atomic E-state index is -0.786. The minimum Gasteiger partial charge on any atom is -0.508 e. The van der Waals surface area contributed by atoms with E-state index in [2.05, 4.69) is 0 Å². The summed E-state index contributed by atoms with van der Waals surface area (Å²) in [5.74, 6) is -0.836. The van der Waals surface area contributed by atoms with Gasteiger partial charge in [0.2, 0.25) is 0 Å². The van der Waals surface area contributed by atoms with E-state index in [-0.39, 0.29) is 24.2 Å². The van der Waals surface area contributed by atoms with Crippen LogP contribution < -0.4 is 0 Å². The van der Waals surface area contributed by atoms with Crippen molar-refractivity contribution in [3.63, 3.8) is 0 Å². The number of rotatable bonds is 3. The molecule has 0 unspecified atom stereocenters. The van der Waals surface area contributed by atoms with E-state index in [1.54, 1.807) is 12.1 Å². The van der Waals surface area contributed by atoms with Gasteiger partial charge in [0.05, 0.1) is 6.61 Å². The SMILES string of the molecule is CC1(C)O[C@H](c2ccc(CO)cc2)[C@H](c2cc(O)cc(O)c2)O1. The molecule has 0 radical (unpaired) electrons. The Morgan fingerprint density at radius 1 is 0.870 bits per heavy atom. The maximum Gasteiger partial charge on any atom is 0.164 e. The first-order valence-corrected chi connectivity index (χ1v) is 7.46. The molecule has 3 N–H and O–H groups in total. The maximum atomic E-state index is 9.73. The second-order valence-corrected chi connectivity index (χ2v) is 6.16. The van der Waals surface area contributed by atoms with Crippen LogP contribution in [0.1, 0.15) is 42.7 Å². The molecule has 122 valence electrons. The number of benzene rings is 2. The van der Waals surface area contributed by atoms with Gasteiger partial charge in [-0.2, -0.15) is 0 Å². The fourth-order valence-corrected chi connectivity index (χ4v) is 2.84. The molecule has 1 saturated heterocycles. The van der Waals surface area contributed by atoms with Gasteiger partial charge in [-0.1, -0.05) is 24.3 Å². The second-order valence-electron chi connectivity index (χ2n) is 6.16. The molecule has 5 heteroatoms. The third kappa shape index (κ3) is 3.32. The topological polar surface area (TPSA) is 79.2 Å². The summed E-state index contributed by atoms with van der Waals surface area (Å²) in [5.41, 5.74) is 2.36. The van der Waals surface area contributed by atoms with E-state index >= 15 is 0 Å². The summed E-state index contributed by atoms with van der Waals surface area (Å²) in [7, 11) is 0. The van der Waals surface area contributed by atoms with Crippen LogP contribution in [0, 0.1) is 0 Å². The Morgan fingerprint density at radius 2 is 1.39 bits per heavy atom. The molecule has 5 nitrogen and oxygen atoms in total. The van der Waals surface area contributed by atoms with Gasteiger partial charge < -0.3 is 24.8 Å². The van der Waals surface area contributed by atoms with E-state index in [9.17, 15) is 10.2 Å². The molecule has 0 amide bonds. The quantitative estimate of drug-likeness (QED) is 0.810. The summed E-state index contributed by atoms with van der Waals surface area (Å²) in [5, 5.41) is 28.6. The van der Waals surface area contributed by atoms with Crippen molar-refractivity contribution in [2.45, 2.75) is 38.4 Å². The van der Waals surface area contributed by atoms with E-state index in [1.165, 1.54) is 6.07 Å². The number of ether oxygens (including phenoxy) is 2. The van der Waals surface area contributed by atoms with E-state index in [1.807, 2.05) is 38.1 Å². The number of aliphatic hydroxyl groups excluding tert-OH is 1. The van der Waals surface area contributed by atoms with Crippen LogP contribution in [0.4, 0.5) is 0 Å². The second kappa shape index (κ2) is 5.85. The lowest BCUT2D eigenvalue weighted by atomic mass is 9.97. The Balaban J connectivity index is 1.98. The first kappa shape index (κ1) is 15.8. The Bertz CT molecular complexity index is 673. The van der Waals surface area contributed by atoms with Gasteiger partial charge in [-0.15, -0.1) is 0 Å². The third-order valence-electron chi connectivity index (χ3n) is 3.84. The van der Waals surface area contributed by atoms with E-state index in [4.69, 9.17) is 14.6 Å². The summed E-state index contributed by atoms with van der Waals surface area (Å²) in [6, 6.07) is 11.8. The van der Waals surface area contributed by atoms with Crippen molar-refractivity contribution in [2.75, 3.05) is 0 Å². The van der Waals surface area contributed by atoms with Gasteiger partial charge in [0.25, 0.3) is 0 Å². The van der Waals surface area contributed by atoms with E-state index in [0.717, 1.165) is 11.1 Å². The molecule has 2 aromatic carbocycles. The summed E-state index contributed by atoms with van der Waals surface area (Å²) >= 11 is 0. The molecular formula is C18H20O5. The Hall–Kier alpha value is -2.08. The van der Waals surface area contributed by atoms with Crippen molar-refractivity contribution in [2.24, 2.45) is 0 Å². The normalized spacial score (nSPS) is 23.1. The third-order valence-corrected chi connectivity index (χ3v) is 3.84. The van der Waals surface area contributed by atoms with Gasteiger partial charge in [0.15, 0.2) is 5.79 Å². The zero-order chi connectivity index (χ0) is 16.6. The van der Waals surface area contributed by atoms with Gasteiger partial charge in [-0.3, -0.25) is 0 Å². The molecule has 3 rings (SSSR count). The van der Waals surface area contributed by atoms with Crippen LogP contribution in [0.2, 0.25) is 0 Å². The minimum absolute atomic E-state index is 0.0162. The van der Waals surface area contributed by atoms with Crippen molar-refractivity contribution in [1.82, 2.24) is 0 Å². The van der Waals surface area contributed by atoms with Crippen LogP contribution in [0.15, 0.2) is 42.5 Å². The molecule has 0 aliphatic carbocycles. The summed E-state index contributed by atoms with van der Waals surface area (Å²) < 4.78 is 12.0. The number of aromatic hydroxyl groups is 2. The number of hydrogen-bond acceptors (Lipinski definition) is 5. The van der Waals surface area contributed by atoms with Crippen LogP contribution in [0.5, 0.6) is 11.5 Å². The average molecular weight is 316 g/mol. The van der Waals surface area contributed by atoms with Gasteiger partial charge >= 0.3 is 0 Å². The monoisotopic (exact) mass is 316 g/mol. The van der Waals surface area contributed by atoms with E-state index < -0.39 is 11.9 Å². The largest absolute Gasteiger partial charge is 0.508 e. The van der Waals surface area contributed by atoms with Crippen molar-refractivity contribution in [3.8, 4) is 11.5 Å². The van der Waals surface area contributed by atoms with Crippen LogP contribution >= 0.6 is 0 Å². The van der Waals surface area contributed by atoms with E-state index in [0.29, 0.717) is 5.56 Å². The number of hydrogen-bond donors (Lipinski definition) is 3. The lowest BCUT2D eigenvalue weighted by Crippen LogP contribution is -2.20. The Labute approximate surface area is 134 Å². The summed E-state index contributed by atoms with van der Waals surface area (Å²) in [6.45, 7) is 3.63. The van der Waals surface area contributed by atoms with Crippen LogP contribution in [-0.4, -0.2) is 21.1 Å². The highest BCUT2D eigenvalue weighted by molar-refractivity contribution is 5.39. The highest BCUT2D eigenvalue weighted by atomic mass is 16.7. The Morgan fingerprint density at radius 3 is 1.91 bits per heavy atom. The molecule has 23 heavy (non-hydrogen) atoms. The predicted octanol–water partition coefficient (Wildman–Crippen LogP) is 3.16. The average Bonchev–Trinajstić information content (AvgIpc) is 2.82. The fourth-order valence-electron chi connectivity index (χ4n) is 2.84. The van der Waals surface area contributed by atoms with Gasteiger partial charge in [-0.25, -0.2) is 0 Å². The summed E-state index contributed by atoms with van der Waals surface area (Å²) in [6.07, 6.45) is -0.832. The maximum absolute atomic E-state index is 9.73. The molecule has 0 aromatic heterocycles. The highest BCUT2D eigenvalue weighted by Crippen LogP contribution is 2.47. The standard InChI is InChI=1S/C18H20O5/c1-18(2)22-16(12-5-3-11(10-19)4-6-12)17(23-18)13-7-14(20)9-15(21)8-13/h3-9,16-17,19-21H,10H2,1-2H3/t16-,17+/m1/s1. The zero-order valence-electron chi connectivity index (χ0n) is 13.1. The lowest BCUT2D eigenvalue weighted by molar-refractivity contribution is -0.147. The highest BCUT2D eigenvalue weighted by Gasteiger charge is 2.43. The van der Waals surface area contributed by atoms with Crippen molar-refractivity contribution >= 4 is 0 Å². The molecule has 1 heterocycles. The first-order chi connectivity index (χ1) is 10.9. The number of phenolic OH excluding ortho intramolecular Hbond substituents is 2. The van der Waals surface area contributed by atoms with Crippen molar-refractivity contribution in [1.29, 1.82) is 0 Å². The zero-order valence-corrected chi connectivity index (χ0v) is 13.1. The van der Waals surface area contributed by atoms with Gasteiger partial charge in [-0.05, 0) is 42.7 Å². The molecule has 1 fully saturated rings. The molecule has 2 aromatic rings. The number of aliphatic hydroxyl groups is 1. The van der Waals surface area contributed by atoms with Crippen LogP contribution in [0.25, 0.3) is 0 Å². The number of phenols is 2. The molecule has 2 atom stereocenters. The molecular weight excluding hydrogens is 296 g/mol.